The van der Waals surface area contributed by atoms with Gasteiger partial charge in [-0.25, -0.2) is 18.4 Å². The SMILES string of the molecule is Cn1cc(Nc2nc(-c3cnn(C4(CC#N)CN(S(C)(=O)=O)C4)c3)c3sccc3n2)cn1. The number of thiophene rings is 1. The van der Waals surface area contributed by atoms with E-state index in [1.807, 2.05) is 30.9 Å². The molecule has 1 aliphatic rings. The molecule has 0 aromatic carbocycles. The van der Waals surface area contributed by atoms with Crippen LogP contribution in [-0.2, 0) is 22.6 Å². The van der Waals surface area contributed by atoms with Crippen LogP contribution in [0.1, 0.15) is 6.42 Å². The molecular weight excluding hydrogens is 450 g/mol. The zero-order valence-electron chi connectivity index (χ0n) is 17.3. The van der Waals surface area contributed by atoms with Crippen LogP contribution in [0.2, 0.25) is 0 Å². The minimum absolute atomic E-state index is 0.159. The van der Waals surface area contributed by atoms with E-state index in [-0.39, 0.29) is 19.5 Å². The average molecular weight is 470 g/mol. The Morgan fingerprint density at radius 3 is 2.75 bits per heavy atom. The van der Waals surface area contributed by atoms with Gasteiger partial charge < -0.3 is 5.32 Å². The number of nitrogens with one attached hydrogen (secondary N) is 1. The number of hydrogen-bond donors (Lipinski definition) is 1. The first-order valence-corrected chi connectivity index (χ1v) is 12.4. The van der Waals surface area contributed by atoms with Crippen LogP contribution in [0, 0.1) is 11.3 Å². The Kier molecular flexibility index (Phi) is 4.73. The summed E-state index contributed by atoms with van der Waals surface area (Å²) < 4.78 is 29.4. The quantitative estimate of drug-likeness (QED) is 0.452. The Bertz CT molecular complexity index is 1460. The van der Waals surface area contributed by atoms with Gasteiger partial charge in [-0.05, 0) is 11.4 Å². The number of aromatic nitrogens is 6. The van der Waals surface area contributed by atoms with Gasteiger partial charge in [-0.15, -0.1) is 11.3 Å². The summed E-state index contributed by atoms with van der Waals surface area (Å²) in [5, 5.41) is 23.1. The van der Waals surface area contributed by atoms with Crippen LogP contribution in [0.15, 0.2) is 36.2 Å². The molecule has 4 aromatic rings. The molecule has 0 bridgehead atoms. The Hall–Kier alpha value is -3.34. The summed E-state index contributed by atoms with van der Waals surface area (Å²) >= 11 is 1.53. The Morgan fingerprint density at radius 2 is 2.06 bits per heavy atom. The molecule has 1 saturated heterocycles. The molecule has 1 N–H and O–H groups in total. The largest absolute Gasteiger partial charge is 0.321 e. The maximum Gasteiger partial charge on any atom is 0.228 e. The normalized spacial score (nSPS) is 16.0. The van der Waals surface area contributed by atoms with Gasteiger partial charge in [0.1, 0.15) is 5.54 Å². The molecule has 0 radical (unpaired) electrons. The molecular formula is C19H19N9O2S2. The predicted octanol–water partition coefficient (Wildman–Crippen LogP) is 1.92. The highest BCUT2D eigenvalue weighted by atomic mass is 32.2. The van der Waals surface area contributed by atoms with Gasteiger partial charge in [0.25, 0.3) is 0 Å². The lowest BCUT2D eigenvalue weighted by molar-refractivity contribution is 0.0724. The maximum absolute atomic E-state index is 11.9. The Morgan fingerprint density at radius 1 is 1.25 bits per heavy atom. The predicted molar refractivity (Wildman–Crippen MR) is 120 cm³/mol. The number of rotatable bonds is 6. The summed E-state index contributed by atoms with van der Waals surface area (Å²) in [5.41, 5.74) is 2.37. The fraction of sp³-hybridized carbons (Fsp3) is 0.316. The molecule has 4 aromatic heterocycles. The summed E-state index contributed by atoms with van der Waals surface area (Å²) in [6.07, 6.45) is 8.36. The molecule has 0 saturated carbocycles. The number of nitrogens with zero attached hydrogens (tertiary/aromatic N) is 8. The van der Waals surface area contributed by atoms with E-state index in [2.05, 4.69) is 26.6 Å². The van der Waals surface area contributed by atoms with E-state index < -0.39 is 15.6 Å². The van der Waals surface area contributed by atoms with Crippen molar-refractivity contribution in [2.24, 2.45) is 7.05 Å². The Balaban J connectivity index is 1.51. The highest BCUT2D eigenvalue weighted by Gasteiger charge is 2.49. The first-order chi connectivity index (χ1) is 15.3. The third-order valence-corrected chi connectivity index (χ3v) is 7.53. The topological polar surface area (TPSA) is 135 Å². The number of sulfonamides is 1. The molecule has 0 aliphatic carbocycles. The van der Waals surface area contributed by atoms with Gasteiger partial charge in [0.15, 0.2) is 0 Å². The van der Waals surface area contributed by atoms with Gasteiger partial charge in [0, 0.05) is 38.1 Å². The van der Waals surface area contributed by atoms with Crippen LogP contribution >= 0.6 is 11.3 Å². The average Bonchev–Trinajstić information content (AvgIpc) is 3.43. The van der Waals surface area contributed by atoms with E-state index in [1.165, 1.54) is 21.9 Å². The van der Waals surface area contributed by atoms with E-state index in [0.717, 1.165) is 21.5 Å². The smallest absolute Gasteiger partial charge is 0.228 e. The van der Waals surface area contributed by atoms with Crippen molar-refractivity contribution in [3.05, 3.63) is 36.2 Å². The molecule has 0 amide bonds. The number of anilines is 2. The molecule has 0 unspecified atom stereocenters. The molecule has 164 valence electrons. The fourth-order valence-corrected chi connectivity index (χ4v) is 5.56. The summed E-state index contributed by atoms with van der Waals surface area (Å²) in [4.78, 5) is 9.30. The zero-order chi connectivity index (χ0) is 22.5. The molecule has 5 rings (SSSR count). The van der Waals surface area contributed by atoms with Crippen LogP contribution in [0.5, 0.6) is 0 Å². The van der Waals surface area contributed by atoms with Gasteiger partial charge in [-0.3, -0.25) is 9.36 Å². The number of aryl methyl sites for hydroxylation is 1. The second-order valence-corrected chi connectivity index (χ2v) is 10.7. The number of fused-ring (bicyclic) bond motifs is 1. The lowest BCUT2D eigenvalue weighted by Crippen LogP contribution is -2.63. The molecule has 5 heterocycles. The van der Waals surface area contributed by atoms with Crippen molar-refractivity contribution in [3.8, 4) is 17.3 Å². The van der Waals surface area contributed by atoms with Crippen molar-refractivity contribution in [2.75, 3.05) is 24.7 Å². The first kappa shape index (κ1) is 20.6. The second-order valence-electron chi connectivity index (χ2n) is 7.82. The van der Waals surface area contributed by atoms with E-state index in [4.69, 9.17) is 4.98 Å². The lowest BCUT2D eigenvalue weighted by atomic mass is 9.89. The summed E-state index contributed by atoms with van der Waals surface area (Å²) in [6.45, 7) is 0.430. The molecule has 1 fully saturated rings. The van der Waals surface area contributed by atoms with Crippen LogP contribution in [-0.4, -0.2) is 61.6 Å². The van der Waals surface area contributed by atoms with Crippen molar-refractivity contribution in [2.45, 2.75) is 12.0 Å². The molecule has 1 aliphatic heterocycles. The van der Waals surface area contributed by atoms with Crippen LogP contribution in [0.3, 0.4) is 0 Å². The Labute approximate surface area is 188 Å². The van der Waals surface area contributed by atoms with E-state index in [0.29, 0.717) is 11.6 Å². The van der Waals surface area contributed by atoms with Gasteiger partial charge in [-0.1, -0.05) is 0 Å². The lowest BCUT2D eigenvalue weighted by Gasteiger charge is -2.47. The van der Waals surface area contributed by atoms with Gasteiger partial charge in [0.2, 0.25) is 16.0 Å². The van der Waals surface area contributed by atoms with Crippen molar-refractivity contribution in [3.63, 3.8) is 0 Å². The molecule has 32 heavy (non-hydrogen) atoms. The summed E-state index contributed by atoms with van der Waals surface area (Å²) in [5.74, 6) is 0.435. The minimum Gasteiger partial charge on any atom is -0.321 e. The zero-order valence-corrected chi connectivity index (χ0v) is 18.9. The van der Waals surface area contributed by atoms with E-state index in [1.54, 1.807) is 21.8 Å². The van der Waals surface area contributed by atoms with Crippen LogP contribution in [0.25, 0.3) is 21.5 Å². The maximum atomic E-state index is 11.9. The monoisotopic (exact) mass is 469 g/mol. The molecule has 0 atom stereocenters. The van der Waals surface area contributed by atoms with Crippen LogP contribution in [0.4, 0.5) is 11.6 Å². The van der Waals surface area contributed by atoms with Gasteiger partial charge in [0.05, 0.1) is 52.7 Å². The highest BCUT2D eigenvalue weighted by molar-refractivity contribution is 7.88. The fourth-order valence-electron chi connectivity index (χ4n) is 3.76. The van der Waals surface area contributed by atoms with Crippen molar-refractivity contribution < 1.29 is 8.42 Å². The summed E-state index contributed by atoms with van der Waals surface area (Å²) in [7, 11) is -1.49. The third-order valence-electron chi connectivity index (χ3n) is 5.43. The third kappa shape index (κ3) is 3.52. The van der Waals surface area contributed by atoms with E-state index >= 15 is 0 Å². The number of hydrogen-bond acceptors (Lipinski definition) is 9. The summed E-state index contributed by atoms with van der Waals surface area (Å²) in [6, 6.07) is 4.10. The second kappa shape index (κ2) is 7.37. The van der Waals surface area contributed by atoms with Gasteiger partial charge in [-0.2, -0.15) is 19.8 Å². The standard InChI is InChI=1S/C19H19N9O2S2/c1-26-10-14(8-21-26)23-18-24-15-3-6-31-17(15)16(25-18)13-7-22-28(9-13)19(4-5-20)11-27(12-19)32(2,29)30/h3,6-10H,4,11-12H2,1-2H3,(H,23,24,25). The van der Waals surface area contributed by atoms with Crippen molar-refractivity contribution in [1.29, 1.82) is 5.26 Å². The first-order valence-electron chi connectivity index (χ1n) is 9.66. The van der Waals surface area contributed by atoms with Gasteiger partial charge >= 0.3 is 0 Å². The molecule has 11 nitrogen and oxygen atoms in total. The van der Waals surface area contributed by atoms with E-state index in [9.17, 15) is 13.7 Å². The molecule has 13 heteroatoms. The van der Waals surface area contributed by atoms with Crippen molar-refractivity contribution >= 4 is 43.2 Å². The minimum atomic E-state index is -3.31. The molecule has 0 spiro atoms. The van der Waals surface area contributed by atoms with Crippen LogP contribution < -0.4 is 5.32 Å². The highest BCUT2D eigenvalue weighted by Crippen LogP contribution is 2.36. The van der Waals surface area contributed by atoms with Crippen molar-refractivity contribution in [1.82, 2.24) is 33.8 Å². The number of nitriles is 1.